The quantitative estimate of drug-likeness (QED) is 0.916. The van der Waals surface area contributed by atoms with Gasteiger partial charge in [0.2, 0.25) is 0 Å². The SMILES string of the molecule is OCc1cccc(C2CCC(N3CCN(c4ccccn4)CC3)CC2)c1. The van der Waals surface area contributed by atoms with Crippen LogP contribution in [0.15, 0.2) is 48.7 Å². The fraction of sp³-hybridized carbons (Fsp3) is 0.500. The summed E-state index contributed by atoms with van der Waals surface area (Å²) in [5, 5.41) is 9.36. The van der Waals surface area contributed by atoms with Crippen molar-refractivity contribution in [1.29, 1.82) is 0 Å². The molecule has 4 rings (SSSR count). The number of aromatic nitrogens is 1. The minimum Gasteiger partial charge on any atom is -0.392 e. The molecule has 2 aliphatic rings. The highest BCUT2D eigenvalue weighted by atomic mass is 16.3. The van der Waals surface area contributed by atoms with Gasteiger partial charge in [-0.15, -0.1) is 0 Å². The molecule has 0 atom stereocenters. The molecular weight excluding hydrogens is 322 g/mol. The predicted molar refractivity (Wildman–Crippen MR) is 105 cm³/mol. The summed E-state index contributed by atoms with van der Waals surface area (Å²) >= 11 is 0. The Morgan fingerprint density at radius 1 is 0.923 bits per heavy atom. The van der Waals surface area contributed by atoms with E-state index in [9.17, 15) is 5.11 Å². The third kappa shape index (κ3) is 3.92. The molecule has 138 valence electrons. The van der Waals surface area contributed by atoms with Crippen molar-refractivity contribution in [2.75, 3.05) is 31.1 Å². The van der Waals surface area contributed by atoms with E-state index >= 15 is 0 Å². The van der Waals surface area contributed by atoms with Crippen molar-refractivity contribution < 1.29 is 5.11 Å². The number of hydrogen-bond donors (Lipinski definition) is 1. The Morgan fingerprint density at radius 3 is 2.42 bits per heavy atom. The highest BCUT2D eigenvalue weighted by Gasteiger charge is 2.29. The first kappa shape index (κ1) is 17.5. The lowest BCUT2D eigenvalue weighted by molar-refractivity contribution is 0.141. The first-order valence-electron chi connectivity index (χ1n) is 9.93. The molecule has 1 aliphatic heterocycles. The van der Waals surface area contributed by atoms with E-state index < -0.39 is 0 Å². The summed E-state index contributed by atoms with van der Waals surface area (Å²) in [4.78, 5) is 9.59. The van der Waals surface area contributed by atoms with Gasteiger partial charge in [-0.3, -0.25) is 4.90 Å². The molecule has 1 aromatic carbocycles. The molecular formula is C22H29N3O. The van der Waals surface area contributed by atoms with E-state index in [4.69, 9.17) is 0 Å². The minimum absolute atomic E-state index is 0.143. The number of pyridine rings is 1. The molecule has 1 aromatic heterocycles. The van der Waals surface area contributed by atoms with Gasteiger partial charge in [0.05, 0.1) is 6.61 Å². The van der Waals surface area contributed by atoms with Gasteiger partial charge in [-0.05, 0) is 54.9 Å². The van der Waals surface area contributed by atoms with Crippen molar-refractivity contribution in [3.05, 3.63) is 59.8 Å². The first-order chi connectivity index (χ1) is 12.8. The smallest absolute Gasteiger partial charge is 0.128 e. The van der Waals surface area contributed by atoms with Crippen molar-refractivity contribution in [2.24, 2.45) is 0 Å². The number of nitrogens with zero attached hydrogens (tertiary/aromatic N) is 3. The van der Waals surface area contributed by atoms with Crippen molar-refractivity contribution in [1.82, 2.24) is 9.88 Å². The maximum absolute atomic E-state index is 9.36. The molecule has 4 nitrogen and oxygen atoms in total. The van der Waals surface area contributed by atoms with Crippen LogP contribution in [0.4, 0.5) is 5.82 Å². The molecule has 1 aliphatic carbocycles. The number of rotatable bonds is 4. The lowest BCUT2D eigenvalue weighted by Gasteiger charge is -2.42. The van der Waals surface area contributed by atoms with Gasteiger partial charge in [-0.1, -0.05) is 30.3 Å². The van der Waals surface area contributed by atoms with E-state index in [-0.39, 0.29) is 6.61 Å². The second-order valence-corrected chi connectivity index (χ2v) is 7.62. The largest absolute Gasteiger partial charge is 0.392 e. The van der Waals surface area contributed by atoms with Gasteiger partial charge in [0, 0.05) is 38.4 Å². The van der Waals surface area contributed by atoms with Gasteiger partial charge < -0.3 is 10.0 Å². The zero-order valence-corrected chi connectivity index (χ0v) is 15.4. The number of benzene rings is 1. The molecule has 26 heavy (non-hydrogen) atoms. The van der Waals surface area contributed by atoms with Crippen LogP contribution in [0, 0.1) is 0 Å². The third-order valence-electron chi connectivity index (χ3n) is 6.11. The number of aliphatic hydroxyl groups excluding tert-OH is 1. The summed E-state index contributed by atoms with van der Waals surface area (Å²) in [5.41, 5.74) is 2.45. The fourth-order valence-corrected chi connectivity index (χ4v) is 4.58. The molecule has 4 heteroatoms. The van der Waals surface area contributed by atoms with Crippen LogP contribution in [-0.2, 0) is 6.61 Å². The molecule has 0 radical (unpaired) electrons. The second-order valence-electron chi connectivity index (χ2n) is 7.62. The molecule has 0 unspecified atom stereocenters. The number of piperazine rings is 1. The monoisotopic (exact) mass is 351 g/mol. The standard InChI is InChI=1S/C22H29N3O/c26-17-18-4-3-5-20(16-18)19-7-9-21(10-8-19)24-12-14-25(15-13-24)22-6-1-2-11-23-22/h1-6,11,16,19,21,26H,7-10,12-15,17H2. The Labute approximate surface area is 156 Å². The van der Waals surface area contributed by atoms with E-state index in [0.717, 1.165) is 43.6 Å². The summed E-state index contributed by atoms with van der Waals surface area (Å²) in [6, 6.07) is 15.4. The topological polar surface area (TPSA) is 39.6 Å². The summed E-state index contributed by atoms with van der Waals surface area (Å²) < 4.78 is 0. The Bertz CT molecular complexity index is 690. The van der Waals surface area contributed by atoms with Gasteiger partial charge in [-0.25, -0.2) is 4.98 Å². The molecule has 1 saturated carbocycles. The predicted octanol–water partition coefficient (Wildman–Crippen LogP) is 3.42. The normalized spacial score (nSPS) is 24.6. The molecule has 2 fully saturated rings. The summed E-state index contributed by atoms with van der Waals surface area (Å²) in [5.74, 6) is 1.77. The van der Waals surface area contributed by atoms with E-state index in [1.807, 2.05) is 18.3 Å². The molecule has 2 heterocycles. The maximum Gasteiger partial charge on any atom is 0.128 e. The van der Waals surface area contributed by atoms with Crippen molar-refractivity contribution >= 4 is 5.82 Å². The zero-order valence-electron chi connectivity index (χ0n) is 15.4. The summed E-state index contributed by atoms with van der Waals surface area (Å²) in [7, 11) is 0. The van der Waals surface area contributed by atoms with Crippen LogP contribution >= 0.6 is 0 Å². The van der Waals surface area contributed by atoms with Gasteiger partial charge >= 0.3 is 0 Å². The zero-order chi connectivity index (χ0) is 17.8. The Hall–Kier alpha value is -1.91. The highest BCUT2D eigenvalue weighted by molar-refractivity contribution is 5.38. The van der Waals surface area contributed by atoms with Gasteiger partial charge in [0.15, 0.2) is 0 Å². The Kier molecular flexibility index (Phi) is 5.51. The van der Waals surface area contributed by atoms with Crippen molar-refractivity contribution in [3.8, 4) is 0 Å². The van der Waals surface area contributed by atoms with Crippen molar-refractivity contribution in [3.63, 3.8) is 0 Å². The van der Waals surface area contributed by atoms with Crippen LogP contribution in [0.5, 0.6) is 0 Å². The molecule has 2 aromatic rings. The second kappa shape index (κ2) is 8.19. The summed E-state index contributed by atoms with van der Waals surface area (Å²) in [6.45, 7) is 4.59. The Balaban J connectivity index is 1.29. The van der Waals surface area contributed by atoms with Crippen LogP contribution in [0.25, 0.3) is 0 Å². The van der Waals surface area contributed by atoms with E-state index in [0.29, 0.717) is 5.92 Å². The Morgan fingerprint density at radius 2 is 1.73 bits per heavy atom. The van der Waals surface area contributed by atoms with E-state index in [1.54, 1.807) is 0 Å². The minimum atomic E-state index is 0.143. The van der Waals surface area contributed by atoms with E-state index in [1.165, 1.54) is 31.2 Å². The molecule has 1 N–H and O–H groups in total. The number of aliphatic hydroxyl groups is 1. The van der Waals surface area contributed by atoms with Crippen LogP contribution in [-0.4, -0.2) is 47.2 Å². The average molecular weight is 351 g/mol. The lowest BCUT2D eigenvalue weighted by atomic mass is 9.80. The van der Waals surface area contributed by atoms with Crippen molar-refractivity contribution in [2.45, 2.75) is 44.2 Å². The van der Waals surface area contributed by atoms with Gasteiger partial charge in [0.1, 0.15) is 5.82 Å². The van der Waals surface area contributed by atoms with Crippen LogP contribution in [0.1, 0.15) is 42.7 Å². The van der Waals surface area contributed by atoms with Crippen LogP contribution in [0.3, 0.4) is 0 Å². The van der Waals surface area contributed by atoms with Gasteiger partial charge in [-0.2, -0.15) is 0 Å². The fourth-order valence-electron chi connectivity index (χ4n) is 4.58. The maximum atomic E-state index is 9.36. The van der Waals surface area contributed by atoms with Crippen LogP contribution < -0.4 is 4.90 Å². The third-order valence-corrected chi connectivity index (χ3v) is 6.11. The number of hydrogen-bond acceptors (Lipinski definition) is 4. The molecule has 1 saturated heterocycles. The lowest BCUT2D eigenvalue weighted by Crippen LogP contribution is -2.51. The van der Waals surface area contributed by atoms with Gasteiger partial charge in [0.25, 0.3) is 0 Å². The molecule has 0 spiro atoms. The molecule has 0 bridgehead atoms. The number of anilines is 1. The van der Waals surface area contributed by atoms with Crippen LogP contribution in [0.2, 0.25) is 0 Å². The summed E-state index contributed by atoms with van der Waals surface area (Å²) in [6.07, 6.45) is 6.99. The first-order valence-corrected chi connectivity index (χ1v) is 9.93. The highest BCUT2D eigenvalue weighted by Crippen LogP contribution is 2.35. The molecule has 0 amide bonds. The average Bonchev–Trinajstić information content (AvgIpc) is 2.75. The van der Waals surface area contributed by atoms with E-state index in [2.05, 4.69) is 45.1 Å².